The molecule has 0 saturated carbocycles. The van der Waals surface area contributed by atoms with Crippen LogP contribution < -0.4 is 10.6 Å². The molecular weight excluding hydrogens is 393 g/mol. The normalized spacial score (nSPS) is 10.8. The molecule has 0 spiro atoms. The molecule has 0 saturated heterocycles. The topological polar surface area (TPSA) is 91.4 Å². The van der Waals surface area contributed by atoms with Gasteiger partial charge in [0.2, 0.25) is 5.95 Å². The number of aryl methyl sites for hydroxylation is 2. The molecule has 0 radical (unpaired) electrons. The van der Waals surface area contributed by atoms with Crippen molar-refractivity contribution in [2.24, 2.45) is 0 Å². The highest BCUT2D eigenvalue weighted by atomic mass is 35.5. The predicted molar refractivity (Wildman–Crippen MR) is 111 cm³/mol. The molecule has 3 N–H and O–H groups in total. The Morgan fingerprint density at radius 3 is 2.69 bits per heavy atom. The molecule has 4 rings (SSSR count). The number of rotatable bonds is 5. The molecule has 0 amide bonds. The summed E-state index contributed by atoms with van der Waals surface area (Å²) in [4.78, 5) is 12.6. The second kappa shape index (κ2) is 7.84. The maximum Gasteiger partial charge on any atom is 0.229 e. The Kier molecular flexibility index (Phi) is 5.09. The molecule has 3 aromatic heterocycles. The third-order valence-corrected chi connectivity index (χ3v) is 4.51. The second-order valence-electron chi connectivity index (χ2n) is 6.47. The van der Waals surface area contributed by atoms with Crippen molar-refractivity contribution in [3.8, 4) is 11.1 Å². The molecule has 4 aromatic rings. The van der Waals surface area contributed by atoms with Gasteiger partial charge in [-0.2, -0.15) is 10.1 Å². The fraction of sp³-hybridized carbons (Fsp3) is 0.100. The van der Waals surface area contributed by atoms with E-state index in [2.05, 4.69) is 35.8 Å². The highest BCUT2D eigenvalue weighted by Crippen LogP contribution is 2.30. The van der Waals surface area contributed by atoms with E-state index in [1.54, 1.807) is 18.5 Å². The van der Waals surface area contributed by atoms with Crippen molar-refractivity contribution >= 4 is 34.9 Å². The fourth-order valence-electron chi connectivity index (χ4n) is 2.85. The SMILES string of the molecule is Cc1cc(Nc2nc(Nc3cc(C)c(-c4cccnc4)cc3F)ncc2Cl)n[nH]1. The predicted octanol–water partition coefficient (Wildman–Crippen LogP) is 5.16. The van der Waals surface area contributed by atoms with Gasteiger partial charge in [-0.1, -0.05) is 17.7 Å². The molecule has 0 bridgehead atoms. The summed E-state index contributed by atoms with van der Waals surface area (Å²) < 4.78 is 14.7. The molecule has 7 nitrogen and oxygen atoms in total. The van der Waals surface area contributed by atoms with Crippen LogP contribution in [0.25, 0.3) is 11.1 Å². The third-order valence-electron chi connectivity index (χ3n) is 4.23. The molecule has 3 heterocycles. The number of hydrogen-bond donors (Lipinski definition) is 3. The molecule has 29 heavy (non-hydrogen) atoms. The zero-order valence-electron chi connectivity index (χ0n) is 15.7. The number of benzene rings is 1. The highest BCUT2D eigenvalue weighted by Gasteiger charge is 2.12. The van der Waals surface area contributed by atoms with Crippen LogP contribution in [0.2, 0.25) is 5.02 Å². The van der Waals surface area contributed by atoms with E-state index in [0.29, 0.717) is 16.7 Å². The standard InChI is InChI=1S/C20H17ClFN7/c1-11-6-17(16(22)8-14(11)13-4-3-5-23-9-13)25-20-24-10-15(21)19(27-20)26-18-7-12(2)28-29-18/h3-10H,1-2H3,(H3,24,25,26,27,28,29). The van der Waals surface area contributed by atoms with Crippen LogP contribution >= 0.6 is 11.6 Å². The van der Waals surface area contributed by atoms with Crippen LogP contribution in [0.1, 0.15) is 11.3 Å². The number of H-pyrrole nitrogens is 1. The molecule has 146 valence electrons. The molecule has 1 aromatic carbocycles. The van der Waals surface area contributed by atoms with Crippen LogP contribution in [0.3, 0.4) is 0 Å². The van der Waals surface area contributed by atoms with E-state index in [-0.39, 0.29) is 11.6 Å². The Bertz CT molecular complexity index is 1160. The average molecular weight is 410 g/mol. The number of pyridine rings is 1. The van der Waals surface area contributed by atoms with Crippen molar-refractivity contribution in [1.29, 1.82) is 0 Å². The third kappa shape index (κ3) is 4.17. The fourth-order valence-corrected chi connectivity index (χ4v) is 2.99. The van der Waals surface area contributed by atoms with Crippen LogP contribution in [0, 0.1) is 19.7 Å². The molecule has 9 heteroatoms. The van der Waals surface area contributed by atoms with E-state index in [0.717, 1.165) is 22.4 Å². The van der Waals surface area contributed by atoms with Gasteiger partial charge in [-0.25, -0.2) is 9.37 Å². The largest absolute Gasteiger partial charge is 0.322 e. The van der Waals surface area contributed by atoms with E-state index >= 15 is 0 Å². The summed E-state index contributed by atoms with van der Waals surface area (Å²) >= 11 is 6.17. The highest BCUT2D eigenvalue weighted by molar-refractivity contribution is 6.32. The first kappa shape index (κ1) is 18.8. The summed E-state index contributed by atoms with van der Waals surface area (Å²) in [6, 6.07) is 8.69. The lowest BCUT2D eigenvalue weighted by Crippen LogP contribution is -2.03. The van der Waals surface area contributed by atoms with Crippen LogP contribution in [0.4, 0.5) is 27.7 Å². The zero-order chi connectivity index (χ0) is 20.4. The molecule has 0 atom stereocenters. The quantitative estimate of drug-likeness (QED) is 0.421. The Morgan fingerprint density at radius 1 is 1.10 bits per heavy atom. The van der Waals surface area contributed by atoms with E-state index in [1.807, 2.05) is 32.0 Å². The summed E-state index contributed by atoms with van der Waals surface area (Å²) in [6.45, 7) is 3.79. The van der Waals surface area contributed by atoms with Gasteiger partial charge in [-0.15, -0.1) is 0 Å². The van der Waals surface area contributed by atoms with E-state index < -0.39 is 5.82 Å². The van der Waals surface area contributed by atoms with Crippen LogP contribution in [0.15, 0.2) is 48.9 Å². The van der Waals surface area contributed by atoms with Crippen molar-refractivity contribution in [3.05, 3.63) is 71.0 Å². The number of anilines is 4. The number of hydrogen-bond acceptors (Lipinski definition) is 6. The van der Waals surface area contributed by atoms with Crippen molar-refractivity contribution in [3.63, 3.8) is 0 Å². The van der Waals surface area contributed by atoms with Gasteiger partial charge in [0.05, 0.1) is 11.9 Å². The van der Waals surface area contributed by atoms with Gasteiger partial charge in [0.1, 0.15) is 10.8 Å². The Morgan fingerprint density at radius 2 is 1.97 bits per heavy atom. The summed E-state index contributed by atoms with van der Waals surface area (Å²) in [5.74, 6) is 0.707. The molecule has 0 aliphatic heterocycles. The van der Waals surface area contributed by atoms with E-state index in [4.69, 9.17) is 11.6 Å². The van der Waals surface area contributed by atoms with Gasteiger partial charge in [-0.3, -0.25) is 10.1 Å². The van der Waals surface area contributed by atoms with Gasteiger partial charge in [0.25, 0.3) is 0 Å². The molecule has 0 fully saturated rings. The van der Waals surface area contributed by atoms with Crippen molar-refractivity contribution in [1.82, 2.24) is 25.1 Å². The molecule has 0 aliphatic rings. The first-order chi connectivity index (χ1) is 14.0. The van der Waals surface area contributed by atoms with Crippen molar-refractivity contribution in [2.75, 3.05) is 10.6 Å². The maximum atomic E-state index is 14.7. The molecule has 0 aliphatic carbocycles. The summed E-state index contributed by atoms with van der Waals surface area (Å²) in [7, 11) is 0. The van der Waals surface area contributed by atoms with Crippen LogP contribution in [-0.2, 0) is 0 Å². The smallest absolute Gasteiger partial charge is 0.229 e. The number of nitrogens with zero attached hydrogens (tertiary/aromatic N) is 4. The first-order valence-electron chi connectivity index (χ1n) is 8.79. The Hall–Kier alpha value is -3.52. The van der Waals surface area contributed by atoms with E-state index in [9.17, 15) is 4.39 Å². The van der Waals surface area contributed by atoms with Gasteiger partial charge < -0.3 is 10.6 Å². The van der Waals surface area contributed by atoms with Crippen molar-refractivity contribution < 1.29 is 4.39 Å². The number of aromatic amines is 1. The van der Waals surface area contributed by atoms with Crippen LogP contribution in [0.5, 0.6) is 0 Å². The Labute approximate surface area is 171 Å². The lowest BCUT2D eigenvalue weighted by atomic mass is 10.0. The zero-order valence-corrected chi connectivity index (χ0v) is 16.4. The summed E-state index contributed by atoms with van der Waals surface area (Å²) in [6.07, 6.45) is 4.82. The lowest BCUT2D eigenvalue weighted by molar-refractivity contribution is 0.631. The summed E-state index contributed by atoms with van der Waals surface area (Å²) in [5.41, 5.74) is 3.66. The summed E-state index contributed by atoms with van der Waals surface area (Å²) in [5, 5.41) is 13.2. The monoisotopic (exact) mass is 409 g/mol. The minimum absolute atomic E-state index is 0.205. The van der Waals surface area contributed by atoms with Gasteiger partial charge >= 0.3 is 0 Å². The first-order valence-corrected chi connectivity index (χ1v) is 9.16. The molecule has 0 unspecified atom stereocenters. The van der Waals surface area contributed by atoms with Crippen LogP contribution in [-0.4, -0.2) is 25.1 Å². The van der Waals surface area contributed by atoms with Gasteiger partial charge in [-0.05, 0) is 43.2 Å². The minimum Gasteiger partial charge on any atom is -0.322 e. The molecular formula is C20H17ClFN7. The van der Waals surface area contributed by atoms with E-state index in [1.165, 1.54) is 12.3 Å². The minimum atomic E-state index is -0.426. The maximum absolute atomic E-state index is 14.7. The average Bonchev–Trinajstić information content (AvgIpc) is 3.12. The number of halogens is 2. The number of nitrogens with one attached hydrogen (secondary N) is 3. The Balaban J connectivity index is 1.61. The van der Waals surface area contributed by atoms with Crippen molar-refractivity contribution in [2.45, 2.75) is 13.8 Å². The van der Waals surface area contributed by atoms with Gasteiger partial charge in [0, 0.05) is 29.7 Å². The number of aromatic nitrogens is 5. The lowest BCUT2D eigenvalue weighted by Gasteiger charge is -2.12. The van der Waals surface area contributed by atoms with Gasteiger partial charge in [0.15, 0.2) is 11.6 Å². The second-order valence-corrected chi connectivity index (χ2v) is 6.87.